The molecule has 0 bridgehead atoms. The minimum absolute atomic E-state index is 0.147. The van der Waals surface area contributed by atoms with Gasteiger partial charge < -0.3 is 10.1 Å². The van der Waals surface area contributed by atoms with Gasteiger partial charge in [0.1, 0.15) is 0 Å². The normalized spacial score (nSPS) is 21.6. The van der Waals surface area contributed by atoms with Crippen molar-refractivity contribution in [3.63, 3.8) is 0 Å². The molecule has 1 N–H and O–H groups in total. The molecule has 0 amide bonds. The molecule has 2 rings (SSSR count). The van der Waals surface area contributed by atoms with Gasteiger partial charge in [-0.05, 0) is 36.9 Å². The number of rotatable bonds is 7. The van der Waals surface area contributed by atoms with Crippen LogP contribution in [0.4, 0.5) is 0 Å². The first-order chi connectivity index (χ1) is 10.1. The summed E-state index contributed by atoms with van der Waals surface area (Å²) in [5.41, 5.74) is 2.55. The van der Waals surface area contributed by atoms with Crippen molar-refractivity contribution in [3.05, 3.63) is 35.4 Å². The Balaban J connectivity index is 1.93. The zero-order valence-electron chi connectivity index (χ0n) is 13.3. The summed E-state index contributed by atoms with van der Waals surface area (Å²) >= 11 is 0. The van der Waals surface area contributed by atoms with Crippen LogP contribution in [0.25, 0.3) is 0 Å². The second-order valence-corrected chi connectivity index (χ2v) is 7.62. The van der Waals surface area contributed by atoms with E-state index >= 15 is 0 Å². The molecule has 3 atom stereocenters. The molecule has 0 spiro atoms. The molecule has 1 saturated heterocycles. The van der Waals surface area contributed by atoms with Gasteiger partial charge in [0.15, 0.2) is 0 Å². The maximum absolute atomic E-state index is 12.3. The second kappa shape index (κ2) is 8.06. The van der Waals surface area contributed by atoms with E-state index in [2.05, 4.69) is 43.4 Å². The molecule has 0 aromatic heterocycles. The molecule has 1 fully saturated rings. The minimum atomic E-state index is -0.842. The molecule has 118 valence electrons. The summed E-state index contributed by atoms with van der Waals surface area (Å²) in [4.78, 5) is 0. The van der Waals surface area contributed by atoms with Crippen LogP contribution in [0.3, 0.4) is 0 Å². The molecular weight excluding hydrogens is 282 g/mol. The van der Waals surface area contributed by atoms with E-state index in [-0.39, 0.29) is 12.1 Å². The number of benzene rings is 1. The van der Waals surface area contributed by atoms with Crippen molar-refractivity contribution >= 4 is 10.8 Å². The molecule has 0 aliphatic carbocycles. The Morgan fingerprint density at radius 1 is 1.29 bits per heavy atom. The lowest BCUT2D eigenvalue weighted by molar-refractivity contribution is 0.128. The highest BCUT2D eigenvalue weighted by Crippen LogP contribution is 2.20. The van der Waals surface area contributed by atoms with Crippen molar-refractivity contribution in [1.82, 2.24) is 5.32 Å². The van der Waals surface area contributed by atoms with E-state index in [0.717, 1.165) is 19.4 Å². The standard InChI is InChI=1S/C17H27NO2S/c1-13(2)14-6-8-15(9-7-14)17(18-3)12-21(19)11-16-5-4-10-20-16/h6-9,13,16-18H,4-5,10-12H2,1-3H3. The van der Waals surface area contributed by atoms with E-state index < -0.39 is 10.8 Å². The van der Waals surface area contributed by atoms with E-state index in [1.165, 1.54) is 11.1 Å². The Kier molecular flexibility index (Phi) is 6.40. The van der Waals surface area contributed by atoms with E-state index in [1.54, 1.807) is 0 Å². The second-order valence-electron chi connectivity index (χ2n) is 6.07. The summed E-state index contributed by atoms with van der Waals surface area (Å²) in [5.74, 6) is 1.86. The predicted molar refractivity (Wildman–Crippen MR) is 89.2 cm³/mol. The van der Waals surface area contributed by atoms with Crippen molar-refractivity contribution in [2.45, 2.75) is 44.8 Å². The third-order valence-electron chi connectivity index (χ3n) is 4.10. The molecule has 1 aliphatic rings. The minimum Gasteiger partial charge on any atom is -0.377 e. The zero-order valence-corrected chi connectivity index (χ0v) is 14.1. The van der Waals surface area contributed by atoms with E-state index in [9.17, 15) is 4.21 Å². The number of ether oxygens (including phenoxy) is 1. The quantitative estimate of drug-likeness (QED) is 0.841. The van der Waals surface area contributed by atoms with Crippen molar-refractivity contribution in [1.29, 1.82) is 0 Å². The molecule has 1 aromatic rings. The molecule has 1 aromatic carbocycles. The van der Waals surface area contributed by atoms with Gasteiger partial charge in [-0.15, -0.1) is 0 Å². The highest BCUT2D eigenvalue weighted by Gasteiger charge is 2.20. The van der Waals surface area contributed by atoms with Gasteiger partial charge in [-0.1, -0.05) is 38.1 Å². The Morgan fingerprint density at radius 2 is 1.95 bits per heavy atom. The van der Waals surface area contributed by atoms with Gasteiger partial charge in [-0.2, -0.15) is 0 Å². The average molecular weight is 309 g/mol. The number of hydrogen-bond acceptors (Lipinski definition) is 3. The van der Waals surface area contributed by atoms with Crippen LogP contribution < -0.4 is 5.32 Å². The smallest absolute Gasteiger partial charge is 0.0691 e. The Labute approximate surface area is 130 Å². The van der Waals surface area contributed by atoms with Crippen LogP contribution in [0.1, 0.15) is 49.8 Å². The van der Waals surface area contributed by atoms with Crippen molar-refractivity contribution in [2.24, 2.45) is 0 Å². The van der Waals surface area contributed by atoms with Crippen LogP contribution in [0.2, 0.25) is 0 Å². The summed E-state index contributed by atoms with van der Waals surface area (Å²) in [6.07, 6.45) is 2.36. The van der Waals surface area contributed by atoms with E-state index in [1.807, 2.05) is 7.05 Å². The SMILES string of the molecule is CNC(CS(=O)CC1CCCO1)c1ccc(C(C)C)cc1. The third kappa shape index (κ3) is 4.90. The molecule has 4 heteroatoms. The van der Waals surface area contributed by atoms with E-state index in [4.69, 9.17) is 4.74 Å². The summed E-state index contributed by atoms with van der Waals surface area (Å²) in [7, 11) is 1.09. The maximum Gasteiger partial charge on any atom is 0.0691 e. The van der Waals surface area contributed by atoms with Gasteiger partial charge in [0, 0.05) is 35.0 Å². The fourth-order valence-corrected chi connectivity index (χ4v) is 4.24. The van der Waals surface area contributed by atoms with Crippen molar-refractivity contribution in [3.8, 4) is 0 Å². The number of nitrogens with one attached hydrogen (secondary N) is 1. The summed E-state index contributed by atoms with van der Waals surface area (Å²) in [6, 6.07) is 8.80. The molecule has 3 unspecified atom stereocenters. The van der Waals surface area contributed by atoms with Gasteiger partial charge in [-0.25, -0.2) is 0 Å². The molecule has 0 saturated carbocycles. The van der Waals surface area contributed by atoms with Gasteiger partial charge in [-0.3, -0.25) is 4.21 Å². The van der Waals surface area contributed by atoms with Crippen LogP contribution >= 0.6 is 0 Å². The van der Waals surface area contributed by atoms with Gasteiger partial charge in [0.25, 0.3) is 0 Å². The first kappa shape index (κ1) is 16.7. The highest BCUT2D eigenvalue weighted by molar-refractivity contribution is 7.85. The molecule has 0 radical (unpaired) electrons. The summed E-state index contributed by atoms with van der Waals surface area (Å²) in [5, 5.41) is 3.29. The van der Waals surface area contributed by atoms with Gasteiger partial charge in [0.2, 0.25) is 0 Å². The van der Waals surface area contributed by atoms with Crippen LogP contribution in [-0.2, 0) is 15.5 Å². The molecular formula is C17H27NO2S. The summed E-state index contributed by atoms with van der Waals surface area (Å²) < 4.78 is 17.9. The van der Waals surface area contributed by atoms with Crippen LogP contribution in [0, 0.1) is 0 Å². The van der Waals surface area contributed by atoms with Crippen LogP contribution in [0.15, 0.2) is 24.3 Å². The fourth-order valence-electron chi connectivity index (χ4n) is 2.70. The molecule has 1 heterocycles. The number of hydrogen-bond donors (Lipinski definition) is 1. The van der Waals surface area contributed by atoms with E-state index in [0.29, 0.717) is 17.4 Å². The molecule has 21 heavy (non-hydrogen) atoms. The first-order valence-electron chi connectivity index (χ1n) is 7.84. The van der Waals surface area contributed by atoms with Crippen LogP contribution in [0.5, 0.6) is 0 Å². The fraction of sp³-hybridized carbons (Fsp3) is 0.647. The van der Waals surface area contributed by atoms with Gasteiger partial charge >= 0.3 is 0 Å². The summed E-state index contributed by atoms with van der Waals surface area (Å²) in [6.45, 7) is 5.22. The molecule has 1 aliphatic heterocycles. The predicted octanol–water partition coefficient (Wildman–Crippen LogP) is 3.00. The zero-order chi connectivity index (χ0) is 15.2. The Bertz CT molecular complexity index is 452. The van der Waals surface area contributed by atoms with Gasteiger partial charge in [0.05, 0.1) is 6.10 Å². The lowest BCUT2D eigenvalue weighted by Gasteiger charge is -2.18. The molecule has 3 nitrogen and oxygen atoms in total. The topological polar surface area (TPSA) is 38.3 Å². The lowest BCUT2D eigenvalue weighted by atomic mass is 10.00. The van der Waals surface area contributed by atoms with Crippen molar-refractivity contribution < 1.29 is 8.95 Å². The third-order valence-corrected chi connectivity index (χ3v) is 5.55. The monoisotopic (exact) mass is 309 g/mol. The Morgan fingerprint density at radius 3 is 2.48 bits per heavy atom. The highest BCUT2D eigenvalue weighted by atomic mass is 32.2. The lowest BCUT2D eigenvalue weighted by Crippen LogP contribution is -2.26. The van der Waals surface area contributed by atoms with Crippen molar-refractivity contribution in [2.75, 3.05) is 25.2 Å². The first-order valence-corrected chi connectivity index (χ1v) is 9.32. The largest absolute Gasteiger partial charge is 0.377 e. The maximum atomic E-state index is 12.3. The Hall–Kier alpha value is -0.710. The average Bonchev–Trinajstić information content (AvgIpc) is 2.97. The van der Waals surface area contributed by atoms with Crippen LogP contribution in [-0.4, -0.2) is 35.5 Å².